The van der Waals surface area contributed by atoms with Gasteiger partial charge in [0.1, 0.15) is 91.4 Å². The lowest BCUT2D eigenvalue weighted by Crippen LogP contribution is -2.71. The molecule has 0 radical (unpaired) electrons. The summed E-state index contributed by atoms with van der Waals surface area (Å²) in [7, 11) is 0. The van der Waals surface area contributed by atoms with Gasteiger partial charge in [-0.05, 0) is 6.92 Å². The molecular weight excluding hydrogens is 684 g/mol. The summed E-state index contributed by atoms with van der Waals surface area (Å²) in [4.78, 5) is 24.5. The van der Waals surface area contributed by atoms with Crippen LogP contribution < -0.4 is 10.6 Å². The van der Waals surface area contributed by atoms with Gasteiger partial charge in [0.25, 0.3) is 0 Å². The van der Waals surface area contributed by atoms with Crippen LogP contribution in [0, 0.1) is 0 Å². The summed E-state index contributed by atoms with van der Waals surface area (Å²) in [6.45, 7) is 0.985. The van der Waals surface area contributed by atoms with Crippen molar-refractivity contribution in [2.45, 2.75) is 143 Å². The lowest BCUT2D eigenvalue weighted by molar-refractivity contribution is -0.373. The highest BCUT2D eigenvalue weighted by molar-refractivity contribution is 5.73. The fourth-order valence-corrected chi connectivity index (χ4v) is 6.29. The molecule has 290 valence electrons. The Kier molecular flexibility index (Phi) is 14.2. The van der Waals surface area contributed by atoms with Crippen molar-refractivity contribution in [1.82, 2.24) is 10.6 Å². The maximum Gasteiger partial charge on any atom is 0.217 e. The zero-order valence-corrected chi connectivity index (χ0v) is 27.3. The fraction of sp³-hybridized carbons (Fsp3) is 0.929. The average Bonchev–Trinajstić information content (AvgIpc) is 3.07. The maximum absolute atomic E-state index is 12.3. The van der Waals surface area contributed by atoms with Crippen molar-refractivity contribution in [2.24, 2.45) is 0 Å². The summed E-state index contributed by atoms with van der Waals surface area (Å²) in [5.41, 5.74) is 0. The molecule has 4 saturated heterocycles. The van der Waals surface area contributed by atoms with Crippen LogP contribution in [0.25, 0.3) is 0 Å². The molecule has 2 amide bonds. The van der Waals surface area contributed by atoms with Crippen molar-refractivity contribution in [3.05, 3.63) is 0 Å². The molecule has 50 heavy (non-hydrogen) atoms. The van der Waals surface area contributed by atoms with E-state index < -0.39 is 154 Å². The molecule has 0 bridgehead atoms. The SMILES string of the molecule is CC(=O)N[C@@H]1[C@@H](O[C@H]2O[C@@H](C)[C@@H](O)[C@@H](O)[C@@H]2O)[C@H](O[C@@H]2O[C@H](CO)[C@@H](O[C@H]3O[C@H](CO)[C@@H](O)[C@H](O)[C@@H]3O)[C@H](O)[C@H]2NC(C)=O)[C@@H](CO)O[C@H]1O. The molecule has 4 heterocycles. The Morgan fingerprint density at radius 1 is 0.520 bits per heavy atom. The second kappa shape index (κ2) is 17.4. The first-order valence-electron chi connectivity index (χ1n) is 15.9. The Labute approximate surface area is 285 Å². The molecule has 0 unspecified atom stereocenters. The van der Waals surface area contributed by atoms with E-state index in [9.17, 15) is 65.8 Å². The molecule has 22 heteroatoms. The van der Waals surface area contributed by atoms with Crippen molar-refractivity contribution >= 4 is 11.8 Å². The van der Waals surface area contributed by atoms with E-state index in [1.807, 2.05) is 0 Å². The number of aliphatic hydroxyl groups excluding tert-OH is 11. The van der Waals surface area contributed by atoms with Gasteiger partial charge in [0.05, 0.1) is 25.9 Å². The van der Waals surface area contributed by atoms with E-state index in [0.717, 1.165) is 13.8 Å². The largest absolute Gasteiger partial charge is 0.394 e. The van der Waals surface area contributed by atoms with Gasteiger partial charge in [0.2, 0.25) is 11.8 Å². The second-order valence-electron chi connectivity index (χ2n) is 12.6. The monoisotopic (exact) mass is 732 g/mol. The summed E-state index contributed by atoms with van der Waals surface area (Å²) in [6, 6.07) is -3.11. The molecule has 0 aromatic heterocycles. The predicted molar refractivity (Wildman–Crippen MR) is 156 cm³/mol. The summed E-state index contributed by atoms with van der Waals surface area (Å²) in [5.74, 6) is -1.44. The molecule has 4 aliphatic heterocycles. The van der Waals surface area contributed by atoms with Gasteiger partial charge >= 0.3 is 0 Å². The summed E-state index contributed by atoms with van der Waals surface area (Å²) in [6.07, 6.45) is -30.0. The van der Waals surface area contributed by atoms with Crippen molar-refractivity contribution in [3.63, 3.8) is 0 Å². The van der Waals surface area contributed by atoms with Crippen molar-refractivity contribution in [1.29, 1.82) is 0 Å². The molecule has 4 fully saturated rings. The zero-order chi connectivity index (χ0) is 37.2. The van der Waals surface area contributed by atoms with Crippen molar-refractivity contribution in [2.75, 3.05) is 19.8 Å². The molecule has 4 rings (SSSR count). The number of carbonyl (C=O) groups is 2. The van der Waals surface area contributed by atoms with Gasteiger partial charge < -0.3 is 100.0 Å². The molecule has 4 aliphatic rings. The van der Waals surface area contributed by atoms with E-state index >= 15 is 0 Å². The van der Waals surface area contributed by atoms with Crippen molar-refractivity contribution < 1.29 is 98.9 Å². The molecule has 0 aromatic rings. The van der Waals surface area contributed by atoms with E-state index in [1.165, 1.54) is 6.92 Å². The predicted octanol–water partition coefficient (Wildman–Crippen LogP) is -8.43. The van der Waals surface area contributed by atoms with Gasteiger partial charge in [0, 0.05) is 13.8 Å². The molecule has 0 aliphatic carbocycles. The summed E-state index contributed by atoms with van der Waals surface area (Å²) in [5, 5.41) is 119. The third kappa shape index (κ3) is 8.70. The van der Waals surface area contributed by atoms with E-state index in [0.29, 0.717) is 0 Å². The number of nitrogens with one attached hydrogen (secondary N) is 2. The van der Waals surface area contributed by atoms with Crippen LogP contribution in [0.3, 0.4) is 0 Å². The van der Waals surface area contributed by atoms with Crippen LogP contribution in [0.1, 0.15) is 20.8 Å². The Morgan fingerprint density at radius 3 is 1.54 bits per heavy atom. The number of rotatable bonds is 11. The van der Waals surface area contributed by atoms with Crippen LogP contribution in [0.5, 0.6) is 0 Å². The summed E-state index contributed by atoms with van der Waals surface area (Å²) < 4.78 is 40.0. The number of aliphatic hydroxyl groups is 11. The van der Waals surface area contributed by atoms with Crippen LogP contribution in [0.15, 0.2) is 0 Å². The highest BCUT2D eigenvalue weighted by Crippen LogP contribution is 2.34. The molecule has 0 spiro atoms. The Hall–Kier alpha value is -1.78. The number of hydrogen-bond donors (Lipinski definition) is 13. The topological polar surface area (TPSA) is 345 Å². The first kappa shape index (κ1) is 41.0. The number of ether oxygens (including phenoxy) is 7. The first-order valence-corrected chi connectivity index (χ1v) is 15.9. The third-order valence-corrected chi connectivity index (χ3v) is 8.97. The zero-order valence-electron chi connectivity index (χ0n) is 27.3. The number of hydrogen-bond acceptors (Lipinski definition) is 20. The van der Waals surface area contributed by atoms with Crippen molar-refractivity contribution in [3.8, 4) is 0 Å². The quantitative estimate of drug-likeness (QED) is 0.0938. The van der Waals surface area contributed by atoms with E-state index in [1.54, 1.807) is 0 Å². The normalized spacial score (nSPS) is 48.5. The van der Waals surface area contributed by atoms with Gasteiger partial charge in [-0.2, -0.15) is 0 Å². The molecular formula is C28H48N2O20. The Morgan fingerprint density at radius 2 is 0.980 bits per heavy atom. The van der Waals surface area contributed by atoms with E-state index in [4.69, 9.17) is 33.2 Å². The maximum atomic E-state index is 12.3. The standard InChI is InChI=1S/C28H48N2O20/c1-7-15(36)18(39)20(41)27(44-7)50-24-14(30-9(3)35)25(43)45-12(6-33)23(24)49-26-13(29-8(2)34)17(38)22(11(5-32)47-26)48-28-21(42)19(40)16(37)10(4-31)46-28/h7,10-28,31-33,36-43H,4-6H2,1-3H3,(H,29,34)(H,30,35)/t7-,10+,11+,12+,13+,14+,15+,16+,17+,18+,19-,20-,21-,22+,23+,24+,25+,26-,27+,28+/m0/s1. The highest BCUT2D eigenvalue weighted by Gasteiger charge is 2.56. The number of carbonyl (C=O) groups excluding carboxylic acids is 2. The minimum Gasteiger partial charge on any atom is -0.394 e. The molecule has 20 atom stereocenters. The summed E-state index contributed by atoms with van der Waals surface area (Å²) >= 11 is 0. The van der Waals surface area contributed by atoms with E-state index in [-0.39, 0.29) is 0 Å². The first-order chi connectivity index (χ1) is 23.5. The van der Waals surface area contributed by atoms with Gasteiger partial charge in [0.15, 0.2) is 25.2 Å². The van der Waals surface area contributed by atoms with E-state index in [2.05, 4.69) is 10.6 Å². The molecule has 13 N–H and O–H groups in total. The van der Waals surface area contributed by atoms with Gasteiger partial charge in [-0.1, -0.05) is 0 Å². The lowest BCUT2D eigenvalue weighted by atomic mass is 9.93. The van der Waals surface area contributed by atoms with Crippen LogP contribution in [0.4, 0.5) is 0 Å². The Balaban J connectivity index is 1.66. The fourth-order valence-electron chi connectivity index (χ4n) is 6.29. The number of amides is 2. The van der Waals surface area contributed by atoms with Gasteiger partial charge in [-0.3, -0.25) is 9.59 Å². The minimum absolute atomic E-state index is 0.699. The molecule has 22 nitrogen and oxygen atoms in total. The highest BCUT2D eigenvalue weighted by atomic mass is 16.8. The smallest absolute Gasteiger partial charge is 0.217 e. The van der Waals surface area contributed by atoms with Crippen LogP contribution in [-0.4, -0.2) is 211 Å². The van der Waals surface area contributed by atoms with Gasteiger partial charge in [-0.25, -0.2) is 0 Å². The van der Waals surface area contributed by atoms with Crippen LogP contribution in [-0.2, 0) is 42.7 Å². The minimum atomic E-state index is -1.91. The average molecular weight is 733 g/mol. The lowest BCUT2D eigenvalue weighted by Gasteiger charge is -2.50. The third-order valence-electron chi connectivity index (χ3n) is 8.97. The second-order valence-corrected chi connectivity index (χ2v) is 12.6. The van der Waals surface area contributed by atoms with Gasteiger partial charge in [-0.15, -0.1) is 0 Å². The Bertz CT molecular complexity index is 1120. The molecule has 0 aromatic carbocycles. The van der Waals surface area contributed by atoms with Crippen LogP contribution >= 0.6 is 0 Å². The molecule has 0 saturated carbocycles. The van der Waals surface area contributed by atoms with Crippen LogP contribution in [0.2, 0.25) is 0 Å².